The molecule has 1 heterocycles. The number of carbonyl (C=O) groups is 1. The third-order valence-corrected chi connectivity index (χ3v) is 4.62. The van der Waals surface area contributed by atoms with Gasteiger partial charge in [-0.25, -0.2) is 0 Å². The maximum absolute atomic E-state index is 12.4. The molecule has 2 aromatic rings. The van der Waals surface area contributed by atoms with Gasteiger partial charge in [-0.1, -0.05) is 39.7 Å². The third kappa shape index (κ3) is 2.97. The zero-order valence-electron chi connectivity index (χ0n) is 11.3. The molecule has 1 aromatic carbocycles. The highest BCUT2D eigenvalue weighted by Crippen LogP contribution is 2.42. The molecule has 0 spiro atoms. The minimum atomic E-state index is -0.287. The van der Waals surface area contributed by atoms with E-state index in [1.54, 1.807) is 18.3 Å². The van der Waals surface area contributed by atoms with Crippen molar-refractivity contribution in [2.75, 3.05) is 0 Å². The van der Waals surface area contributed by atoms with Gasteiger partial charge in [0.1, 0.15) is 5.69 Å². The lowest BCUT2D eigenvalue weighted by atomic mass is 9.71. The lowest BCUT2D eigenvalue weighted by molar-refractivity contribution is 0.0818. The Bertz CT molecular complexity index is 685. The largest absolute Gasteiger partial charge is 0.341 e. The van der Waals surface area contributed by atoms with E-state index in [1.807, 2.05) is 12.1 Å². The van der Waals surface area contributed by atoms with Gasteiger partial charge in [-0.15, -0.1) is 0 Å². The van der Waals surface area contributed by atoms with Crippen molar-refractivity contribution in [2.45, 2.75) is 24.8 Å². The normalized spacial score (nSPS) is 16.1. The number of pyridine rings is 1. The first-order valence-electron chi connectivity index (χ1n) is 6.79. The number of nitrogens with one attached hydrogen (secondary N) is 1. The molecule has 0 bridgehead atoms. The van der Waals surface area contributed by atoms with Crippen molar-refractivity contribution in [3.05, 3.63) is 63.3 Å². The Morgan fingerprint density at radius 1 is 1.29 bits per heavy atom. The Hall–Kier alpha value is -1.39. The van der Waals surface area contributed by atoms with Crippen LogP contribution in [0.2, 0.25) is 5.02 Å². The number of nitrogens with zero attached hydrogens (tertiary/aromatic N) is 1. The Morgan fingerprint density at radius 2 is 2.10 bits per heavy atom. The molecule has 1 amide bonds. The van der Waals surface area contributed by atoms with Gasteiger partial charge in [0.25, 0.3) is 5.91 Å². The summed E-state index contributed by atoms with van der Waals surface area (Å²) in [5.41, 5.74) is 1.19. The highest BCUT2D eigenvalue weighted by molar-refractivity contribution is 9.10. The highest BCUT2D eigenvalue weighted by atomic mass is 79.9. The zero-order valence-corrected chi connectivity index (χ0v) is 13.6. The number of hydrogen-bond acceptors (Lipinski definition) is 2. The van der Waals surface area contributed by atoms with Crippen LogP contribution in [0, 0.1) is 0 Å². The summed E-state index contributed by atoms with van der Waals surface area (Å²) in [4.78, 5) is 16.5. The number of amides is 1. The fraction of sp³-hybridized carbons (Fsp3) is 0.250. The summed E-state index contributed by atoms with van der Waals surface area (Å²) in [7, 11) is 0. The Kier molecular flexibility index (Phi) is 4.00. The Labute approximate surface area is 136 Å². The molecule has 0 saturated heterocycles. The van der Waals surface area contributed by atoms with Gasteiger partial charge in [0, 0.05) is 15.7 Å². The Balaban J connectivity index is 1.86. The van der Waals surface area contributed by atoms with Crippen LogP contribution in [0.25, 0.3) is 0 Å². The van der Waals surface area contributed by atoms with E-state index < -0.39 is 0 Å². The summed E-state index contributed by atoms with van der Waals surface area (Å²) in [5, 5.41) is 3.65. The lowest BCUT2D eigenvalue weighted by Crippen LogP contribution is -2.51. The van der Waals surface area contributed by atoms with E-state index >= 15 is 0 Å². The molecular formula is C16H14BrClN2O. The average Bonchev–Trinajstić information content (AvgIpc) is 2.42. The van der Waals surface area contributed by atoms with E-state index in [0.717, 1.165) is 29.3 Å². The van der Waals surface area contributed by atoms with Gasteiger partial charge in [-0.2, -0.15) is 0 Å². The molecule has 3 rings (SSSR count). The van der Waals surface area contributed by atoms with Crippen LogP contribution < -0.4 is 5.32 Å². The summed E-state index contributed by atoms with van der Waals surface area (Å²) in [6.45, 7) is 0. The summed E-state index contributed by atoms with van der Waals surface area (Å²) in [6, 6.07) is 11.3. The number of halogens is 2. The van der Waals surface area contributed by atoms with Crippen LogP contribution in [0.15, 0.2) is 47.1 Å². The maximum Gasteiger partial charge on any atom is 0.270 e. The van der Waals surface area contributed by atoms with Crippen molar-refractivity contribution in [3.8, 4) is 0 Å². The van der Waals surface area contributed by atoms with Crippen LogP contribution in [0.5, 0.6) is 0 Å². The first-order chi connectivity index (χ1) is 10.1. The average molecular weight is 366 g/mol. The standard InChI is InChI=1S/C16H14BrClN2O/c17-12-4-1-3-11(9-12)16(6-2-7-16)20-15(21)14-10-13(18)5-8-19-14/h1,3-5,8-10H,2,6-7H2,(H,20,21). The number of benzene rings is 1. The molecule has 0 aliphatic heterocycles. The van der Waals surface area contributed by atoms with E-state index in [2.05, 4.69) is 38.4 Å². The molecule has 1 aromatic heterocycles. The molecule has 3 nitrogen and oxygen atoms in total. The van der Waals surface area contributed by atoms with Crippen molar-refractivity contribution in [3.63, 3.8) is 0 Å². The van der Waals surface area contributed by atoms with Crippen LogP contribution in [-0.4, -0.2) is 10.9 Å². The fourth-order valence-electron chi connectivity index (χ4n) is 2.61. The third-order valence-electron chi connectivity index (χ3n) is 3.89. The highest BCUT2D eigenvalue weighted by Gasteiger charge is 2.40. The van der Waals surface area contributed by atoms with Crippen LogP contribution in [-0.2, 0) is 5.54 Å². The molecule has 21 heavy (non-hydrogen) atoms. The second-order valence-electron chi connectivity index (χ2n) is 5.26. The van der Waals surface area contributed by atoms with Gasteiger partial charge in [0.15, 0.2) is 0 Å². The molecular weight excluding hydrogens is 352 g/mol. The summed E-state index contributed by atoms with van der Waals surface area (Å²) in [5.74, 6) is -0.183. The fourth-order valence-corrected chi connectivity index (χ4v) is 3.17. The maximum atomic E-state index is 12.4. The van der Waals surface area contributed by atoms with Crippen molar-refractivity contribution in [1.82, 2.24) is 10.3 Å². The van der Waals surface area contributed by atoms with Gasteiger partial charge in [-0.05, 0) is 49.1 Å². The zero-order chi connectivity index (χ0) is 14.9. The molecule has 0 atom stereocenters. The van der Waals surface area contributed by atoms with Gasteiger partial charge in [0.05, 0.1) is 5.54 Å². The Morgan fingerprint density at radius 3 is 2.71 bits per heavy atom. The number of hydrogen-bond donors (Lipinski definition) is 1. The second-order valence-corrected chi connectivity index (χ2v) is 6.61. The van der Waals surface area contributed by atoms with Crippen LogP contribution >= 0.6 is 27.5 Å². The number of rotatable bonds is 3. The SMILES string of the molecule is O=C(NC1(c2cccc(Br)c2)CCC1)c1cc(Cl)ccn1. The van der Waals surface area contributed by atoms with Crippen molar-refractivity contribution >= 4 is 33.4 Å². The van der Waals surface area contributed by atoms with Crippen molar-refractivity contribution in [1.29, 1.82) is 0 Å². The number of carbonyl (C=O) groups excluding carboxylic acids is 1. The summed E-state index contributed by atoms with van der Waals surface area (Å²) < 4.78 is 1.02. The molecule has 1 N–H and O–H groups in total. The molecule has 1 aliphatic rings. The monoisotopic (exact) mass is 364 g/mol. The minimum absolute atomic E-state index is 0.183. The van der Waals surface area contributed by atoms with Crippen LogP contribution in [0.1, 0.15) is 35.3 Å². The molecule has 108 valence electrons. The molecule has 1 aliphatic carbocycles. The predicted molar refractivity (Wildman–Crippen MR) is 86.4 cm³/mol. The predicted octanol–water partition coefficient (Wildman–Crippen LogP) is 4.31. The lowest BCUT2D eigenvalue weighted by Gasteiger charge is -2.43. The van der Waals surface area contributed by atoms with Gasteiger partial charge in [-0.3, -0.25) is 9.78 Å². The molecule has 1 fully saturated rings. The van der Waals surface area contributed by atoms with E-state index in [-0.39, 0.29) is 11.4 Å². The summed E-state index contributed by atoms with van der Waals surface area (Å²) in [6.07, 6.45) is 4.53. The molecule has 0 unspecified atom stereocenters. The van der Waals surface area contributed by atoms with Crippen molar-refractivity contribution < 1.29 is 4.79 Å². The van der Waals surface area contributed by atoms with Gasteiger partial charge >= 0.3 is 0 Å². The second kappa shape index (κ2) is 5.78. The van der Waals surface area contributed by atoms with Gasteiger partial charge in [0.2, 0.25) is 0 Å². The van der Waals surface area contributed by atoms with Crippen LogP contribution in [0.4, 0.5) is 0 Å². The topological polar surface area (TPSA) is 42.0 Å². The quantitative estimate of drug-likeness (QED) is 0.881. The van der Waals surface area contributed by atoms with Crippen LogP contribution in [0.3, 0.4) is 0 Å². The molecule has 1 saturated carbocycles. The van der Waals surface area contributed by atoms with Gasteiger partial charge < -0.3 is 5.32 Å². The number of aromatic nitrogens is 1. The molecule has 5 heteroatoms. The van der Waals surface area contributed by atoms with E-state index in [0.29, 0.717) is 10.7 Å². The molecule has 0 radical (unpaired) electrons. The smallest absolute Gasteiger partial charge is 0.270 e. The van der Waals surface area contributed by atoms with E-state index in [9.17, 15) is 4.79 Å². The van der Waals surface area contributed by atoms with Crippen molar-refractivity contribution in [2.24, 2.45) is 0 Å². The van der Waals surface area contributed by atoms with E-state index in [4.69, 9.17) is 11.6 Å². The summed E-state index contributed by atoms with van der Waals surface area (Å²) >= 11 is 9.41. The first-order valence-corrected chi connectivity index (χ1v) is 7.96. The van der Waals surface area contributed by atoms with E-state index in [1.165, 1.54) is 0 Å². The first kappa shape index (κ1) is 14.5. The minimum Gasteiger partial charge on any atom is -0.341 e.